The van der Waals surface area contributed by atoms with Crippen molar-refractivity contribution in [1.82, 2.24) is 10.6 Å². The zero-order chi connectivity index (χ0) is 12.4. The van der Waals surface area contributed by atoms with Crippen LogP contribution in [0.2, 0.25) is 0 Å². The highest BCUT2D eigenvalue weighted by atomic mass is 16.2. The van der Waals surface area contributed by atoms with E-state index in [0.29, 0.717) is 0 Å². The third-order valence-electron chi connectivity index (χ3n) is 3.35. The number of carbonyl (C=O) groups is 1. The third-order valence-corrected chi connectivity index (χ3v) is 3.35. The third kappa shape index (κ3) is 2.33. The van der Waals surface area contributed by atoms with Crippen molar-refractivity contribution in [3.05, 3.63) is 35.4 Å². The van der Waals surface area contributed by atoms with Crippen LogP contribution in [0.25, 0.3) is 0 Å². The molecule has 4 nitrogen and oxygen atoms in total. The first kappa shape index (κ1) is 12.1. The Morgan fingerprint density at radius 3 is 2.71 bits per heavy atom. The van der Waals surface area contributed by atoms with Gasteiger partial charge in [-0.3, -0.25) is 10.1 Å². The molecule has 0 spiro atoms. The second kappa shape index (κ2) is 4.85. The van der Waals surface area contributed by atoms with Crippen LogP contribution < -0.4 is 16.4 Å². The number of carbonyl (C=O) groups excluding carboxylic acids is 1. The number of nitrogens with two attached hydrogens (primary N) is 1. The number of benzene rings is 1. The summed E-state index contributed by atoms with van der Waals surface area (Å²) in [6.45, 7) is 1.87. The van der Waals surface area contributed by atoms with Crippen LogP contribution >= 0.6 is 0 Å². The number of hydrogen-bond acceptors (Lipinski definition) is 3. The molecule has 1 aromatic carbocycles. The number of amides is 1. The molecule has 0 heterocycles. The van der Waals surface area contributed by atoms with Crippen molar-refractivity contribution in [3.63, 3.8) is 0 Å². The Labute approximate surface area is 102 Å². The zero-order valence-corrected chi connectivity index (χ0v) is 10.2. The number of nitrogens with one attached hydrogen (secondary N) is 2. The van der Waals surface area contributed by atoms with Gasteiger partial charge in [-0.15, -0.1) is 0 Å². The van der Waals surface area contributed by atoms with E-state index in [1.54, 1.807) is 7.05 Å². The van der Waals surface area contributed by atoms with Crippen LogP contribution in [0.4, 0.5) is 0 Å². The highest BCUT2D eigenvalue weighted by Gasteiger charge is 2.29. The monoisotopic (exact) mass is 233 g/mol. The van der Waals surface area contributed by atoms with Crippen molar-refractivity contribution >= 4 is 5.91 Å². The molecule has 1 aliphatic rings. The van der Waals surface area contributed by atoms with Gasteiger partial charge in [0.15, 0.2) is 0 Å². The van der Waals surface area contributed by atoms with Crippen molar-refractivity contribution in [2.45, 2.75) is 31.5 Å². The van der Waals surface area contributed by atoms with Crippen LogP contribution in [0.1, 0.15) is 36.6 Å². The van der Waals surface area contributed by atoms with Gasteiger partial charge < -0.3 is 11.1 Å². The van der Waals surface area contributed by atoms with Gasteiger partial charge in [0.25, 0.3) is 0 Å². The van der Waals surface area contributed by atoms with Crippen LogP contribution in [-0.2, 0) is 4.79 Å². The van der Waals surface area contributed by atoms with Gasteiger partial charge in [-0.25, -0.2) is 0 Å². The normalized spacial score (nSPS) is 24.2. The summed E-state index contributed by atoms with van der Waals surface area (Å²) in [5.74, 6) is 0.00273. The molecular formula is C13H19N3O. The van der Waals surface area contributed by atoms with E-state index in [1.165, 1.54) is 11.1 Å². The summed E-state index contributed by atoms with van der Waals surface area (Å²) in [5, 5.41) is 5.97. The Hall–Kier alpha value is -1.39. The van der Waals surface area contributed by atoms with E-state index in [-0.39, 0.29) is 24.0 Å². The Kier molecular flexibility index (Phi) is 3.45. The predicted octanol–water partition coefficient (Wildman–Crippen LogP) is 0.855. The van der Waals surface area contributed by atoms with Crippen molar-refractivity contribution in [2.75, 3.05) is 7.05 Å². The van der Waals surface area contributed by atoms with Crippen molar-refractivity contribution in [3.8, 4) is 0 Å². The van der Waals surface area contributed by atoms with Gasteiger partial charge in [-0.1, -0.05) is 24.3 Å². The van der Waals surface area contributed by atoms with E-state index < -0.39 is 0 Å². The Morgan fingerprint density at radius 1 is 1.41 bits per heavy atom. The lowest BCUT2D eigenvalue weighted by Gasteiger charge is -2.19. The van der Waals surface area contributed by atoms with Crippen LogP contribution in [-0.4, -0.2) is 19.0 Å². The molecule has 0 aromatic heterocycles. The van der Waals surface area contributed by atoms with Gasteiger partial charge >= 0.3 is 0 Å². The lowest BCUT2D eigenvalue weighted by molar-refractivity contribution is -0.122. The van der Waals surface area contributed by atoms with Crippen LogP contribution in [0.3, 0.4) is 0 Å². The highest BCUT2D eigenvalue weighted by Crippen LogP contribution is 2.37. The van der Waals surface area contributed by atoms with E-state index >= 15 is 0 Å². The summed E-state index contributed by atoms with van der Waals surface area (Å²) >= 11 is 0. The number of likely N-dealkylation sites (N-methyl/N-ethyl adjacent to an activating group) is 1. The molecule has 2 rings (SSSR count). The molecule has 0 bridgehead atoms. The van der Waals surface area contributed by atoms with Crippen molar-refractivity contribution in [1.29, 1.82) is 0 Å². The van der Waals surface area contributed by atoms with Gasteiger partial charge in [0.05, 0.1) is 6.04 Å². The van der Waals surface area contributed by atoms with Crippen molar-refractivity contribution < 1.29 is 4.79 Å². The molecule has 3 unspecified atom stereocenters. The summed E-state index contributed by atoms with van der Waals surface area (Å²) in [4.78, 5) is 11.5. The maximum absolute atomic E-state index is 11.5. The molecule has 1 amide bonds. The first-order chi connectivity index (χ1) is 8.13. The zero-order valence-electron chi connectivity index (χ0n) is 10.2. The molecule has 4 heteroatoms. The average molecular weight is 233 g/mol. The van der Waals surface area contributed by atoms with Crippen LogP contribution in [0.15, 0.2) is 24.3 Å². The van der Waals surface area contributed by atoms with E-state index in [9.17, 15) is 4.79 Å². The molecule has 92 valence electrons. The summed E-state index contributed by atoms with van der Waals surface area (Å²) in [5.41, 5.74) is 8.49. The molecule has 4 N–H and O–H groups in total. The summed E-state index contributed by atoms with van der Waals surface area (Å²) in [7, 11) is 1.65. The fourth-order valence-electron chi connectivity index (χ4n) is 2.43. The van der Waals surface area contributed by atoms with E-state index in [1.807, 2.05) is 19.1 Å². The summed E-state index contributed by atoms with van der Waals surface area (Å²) in [6.07, 6.45) is 0.848. The van der Waals surface area contributed by atoms with E-state index in [4.69, 9.17) is 5.73 Å². The Bertz CT molecular complexity index is 419. The molecule has 0 saturated carbocycles. The minimum absolute atomic E-state index is 0.00273. The summed E-state index contributed by atoms with van der Waals surface area (Å²) in [6, 6.07) is 8.19. The van der Waals surface area contributed by atoms with E-state index in [2.05, 4.69) is 22.8 Å². The summed E-state index contributed by atoms with van der Waals surface area (Å²) < 4.78 is 0. The fourth-order valence-corrected chi connectivity index (χ4v) is 2.43. The molecule has 1 aliphatic carbocycles. The Balaban J connectivity index is 2.12. The second-order valence-corrected chi connectivity index (χ2v) is 4.53. The molecule has 17 heavy (non-hydrogen) atoms. The maximum Gasteiger partial charge on any atom is 0.236 e. The Morgan fingerprint density at radius 2 is 2.06 bits per heavy atom. The molecule has 3 atom stereocenters. The fraction of sp³-hybridized carbons (Fsp3) is 0.462. The minimum atomic E-state index is -0.205. The van der Waals surface area contributed by atoms with E-state index in [0.717, 1.165) is 6.42 Å². The number of hydrogen-bond donors (Lipinski definition) is 3. The first-order valence-corrected chi connectivity index (χ1v) is 5.95. The van der Waals surface area contributed by atoms with Gasteiger partial charge in [-0.05, 0) is 24.5 Å². The highest BCUT2D eigenvalue weighted by molar-refractivity contribution is 5.81. The molecule has 0 saturated heterocycles. The molecule has 1 aromatic rings. The molecular weight excluding hydrogens is 214 g/mol. The second-order valence-electron chi connectivity index (χ2n) is 4.53. The van der Waals surface area contributed by atoms with Crippen molar-refractivity contribution in [2.24, 2.45) is 5.73 Å². The predicted molar refractivity (Wildman–Crippen MR) is 67.4 cm³/mol. The van der Waals surface area contributed by atoms with Gasteiger partial charge in [-0.2, -0.15) is 0 Å². The number of fused-ring (bicyclic) bond motifs is 1. The topological polar surface area (TPSA) is 67.2 Å². The lowest BCUT2D eigenvalue weighted by atomic mass is 10.1. The molecule has 0 radical (unpaired) electrons. The molecule has 0 aliphatic heterocycles. The molecule has 0 fully saturated rings. The SMILES string of the molecule is CNC(=O)C(C)NC1CC(N)c2ccccc21. The average Bonchev–Trinajstić information content (AvgIpc) is 2.66. The largest absolute Gasteiger partial charge is 0.358 e. The van der Waals surface area contributed by atoms with Gasteiger partial charge in [0.1, 0.15) is 0 Å². The first-order valence-electron chi connectivity index (χ1n) is 5.95. The van der Waals surface area contributed by atoms with Gasteiger partial charge in [0.2, 0.25) is 5.91 Å². The smallest absolute Gasteiger partial charge is 0.236 e. The number of rotatable bonds is 3. The minimum Gasteiger partial charge on any atom is -0.358 e. The maximum atomic E-state index is 11.5. The van der Waals surface area contributed by atoms with Crippen LogP contribution in [0, 0.1) is 0 Å². The van der Waals surface area contributed by atoms with Gasteiger partial charge in [0, 0.05) is 19.1 Å². The quantitative estimate of drug-likeness (QED) is 0.725. The van der Waals surface area contributed by atoms with Crippen LogP contribution in [0.5, 0.6) is 0 Å². The lowest BCUT2D eigenvalue weighted by Crippen LogP contribution is -2.42. The standard InChI is InChI=1S/C13H19N3O/c1-8(13(17)15-2)16-12-7-11(14)9-5-3-4-6-10(9)12/h3-6,8,11-12,16H,7,14H2,1-2H3,(H,15,17).